The molecule has 1 heterocycles. The zero-order valence-corrected chi connectivity index (χ0v) is 15.0. The molecule has 0 atom stereocenters. The van der Waals surface area contributed by atoms with Crippen molar-refractivity contribution in [1.29, 1.82) is 0 Å². The predicted octanol–water partition coefficient (Wildman–Crippen LogP) is 3.16. The molecule has 0 spiro atoms. The summed E-state index contributed by atoms with van der Waals surface area (Å²) in [7, 11) is 2.96. The van der Waals surface area contributed by atoms with Crippen molar-refractivity contribution in [3.05, 3.63) is 58.8 Å². The van der Waals surface area contributed by atoms with E-state index in [1.165, 1.54) is 20.3 Å². The zero-order valence-electron chi connectivity index (χ0n) is 15.0. The van der Waals surface area contributed by atoms with E-state index in [1.54, 1.807) is 18.2 Å². The fraction of sp³-hybridized carbons (Fsp3) is 0.200. The van der Waals surface area contributed by atoms with Crippen molar-refractivity contribution in [3.63, 3.8) is 0 Å². The van der Waals surface area contributed by atoms with E-state index in [1.807, 2.05) is 26.0 Å². The first-order valence-electron chi connectivity index (χ1n) is 8.00. The lowest BCUT2D eigenvalue weighted by atomic mass is 9.98. The molecule has 6 nitrogen and oxygen atoms in total. The Hall–Kier alpha value is -3.28. The maximum Gasteiger partial charge on any atom is 0.301 e. The van der Waals surface area contributed by atoms with Gasteiger partial charge in [0.25, 0.3) is 5.91 Å². The highest BCUT2D eigenvalue weighted by Crippen LogP contribution is 2.37. The summed E-state index contributed by atoms with van der Waals surface area (Å²) in [6.45, 7) is 3.77. The van der Waals surface area contributed by atoms with Crippen molar-refractivity contribution in [2.24, 2.45) is 0 Å². The highest BCUT2D eigenvalue weighted by Gasteiger charge is 2.41. The summed E-state index contributed by atoms with van der Waals surface area (Å²) in [5.41, 5.74) is 2.67. The fourth-order valence-electron chi connectivity index (χ4n) is 3.05. The van der Waals surface area contributed by atoms with E-state index in [0.29, 0.717) is 22.7 Å². The molecule has 0 aromatic heterocycles. The molecule has 0 saturated heterocycles. The van der Waals surface area contributed by atoms with Crippen LogP contribution in [-0.4, -0.2) is 31.1 Å². The molecular formula is C20H19NO5. The largest absolute Gasteiger partial charge is 0.502 e. The molecule has 0 bridgehead atoms. The summed E-state index contributed by atoms with van der Waals surface area (Å²) in [4.78, 5) is 26.4. The Labute approximate surface area is 151 Å². The van der Waals surface area contributed by atoms with Gasteiger partial charge in [-0.25, -0.2) is 4.90 Å². The molecule has 26 heavy (non-hydrogen) atoms. The molecule has 3 rings (SSSR count). The number of aliphatic hydroxyl groups excluding tert-OH is 1. The third-order valence-corrected chi connectivity index (χ3v) is 4.34. The Balaban J connectivity index is 2.06. The number of anilines is 1. The van der Waals surface area contributed by atoms with E-state index in [2.05, 4.69) is 0 Å². The van der Waals surface area contributed by atoms with E-state index in [-0.39, 0.29) is 5.57 Å². The average Bonchev–Trinajstić information content (AvgIpc) is 2.84. The van der Waals surface area contributed by atoms with Crippen LogP contribution in [-0.2, 0) is 9.59 Å². The van der Waals surface area contributed by atoms with Crippen molar-refractivity contribution in [2.45, 2.75) is 13.8 Å². The molecule has 0 aliphatic carbocycles. The lowest BCUT2D eigenvalue weighted by molar-refractivity contribution is -0.121. The van der Waals surface area contributed by atoms with E-state index >= 15 is 0 Å². The highest BCUT2D eigenvalue weighted by molar-refractivity contribution is 6.45. The number of aliphatic hydroxyl groups is 1. The number of hydrogen-bond acceptors (Lipinski definition) is 5. The second kappa shape index (κ2) is 6.55. The smallest absolute Gasteiger partial charge is 0.301 e. The lowest BCUT2D eigenvalue weighted by Crippen LogP contribution is -2.31. The lowest BCUT2D eigenvalue weighted by Gasteiger charge is -2.17. The quantitative estimate of drug-likeness (QED) is 0.855. The fourth-order valence-corrected chi connectivity index (χ4v) is 3.05. The van der Waals surface area contributed by atoms with Crippen molar-refractivity contribution in [1.82, 2.24) is 0 Å². The van der Waals surface area contributed by atoms with Crippen LogP contribution in [0.4, 0.5) is 5.69 Å². The molecular weight excluding hydrogens is 334 g/mol. The van der Waals surface area contributed by atoms with E-state index < -0.39 is 17.6 Å². The predicted molar refractivity (Wildman–Crippen MR) is 97.5 cm³/mol. The minimum absolute atomic E-state index is 0.00212. The van der Waals surface area contributed by atoms with Gasteiger partial charge in [0.05, 0.1) is 25.5 Å². The van der Waals surface area contributed by atoms with E-state index in [0.717, 1.165) is 16.0 Å². The molecule has 0 fully saturated rings. The Bertz CT molecular complexity index is 945. The standard InChI is InChI=1S/C20H19NO5/c1-11-5-7-14(12(2)9-11)17-18(22)20(24)21(19(17)23)13-6-8-15(25-3)16(10-13)26-4/h5-10,22H,1-4H3. The van der Waals surface area contributed by atoms with E-state index in [4.69, 9.17) is 9.47 Å². The number of methoxy groups -OCH3 is 2. The molecule has 1 aliphatic rings. The van der Waals surface area contributed by atoms with Crippen LogP contribution in [0.2, 0.25) is 0 Å². The average molecular weight is 353 g/mol. The van der Waals surface area contributed by atoms with Crippen LogP contribution in [0.1, 0.15) is 16.7 Å². The minimum Gasteiger partial charge on any atom is -0.502 e. The number of benzene rings is 2. The van der Waals surface area contributed by atoms with Crippen molar-refractivity contribution >= 4 is 23.1 Å². The van der Waals surface area contributed by atoms with Crippen LogP contribution in [0.25, 0.3) is 5.57 Å². The Morgan fingerprint density at radius 1 is 0.885 bits per heavy atom. The number of amides is 2. The molecule has 1 N–H and O–H groups in total. The van der Waals surface area contributed by atoms with Crippen LogP contribution in [0.15, 0.2) is 42.2 Å². The molecule has 1 aliphatic heterocycles. The first kappa shape index (κ1) is 17.5. The van der Waals surface area contributed by atoms with Gasteiger partial charge in [0.15, 0.2) is 17.3 Å². The van der Waals surface area contributed by atoms with Gasteiger partial charge >= 0.3 is 5.91 Å². The third-order valence-electron chi connectivity index (χ3n) is 4.34. The minimum atomic E-state index is -0.766. The summed E-state index contributed by atoms with van der Waals surface area (Å²) < 4.78 is 10.4. The summed E-state index contributed by atoms with van der Waals surface area (Å²) >= 11 is 0. The van der Waals surface area contributed by atoms with Crippen molar-refractivity contribution < 1.29 is 24.2 Å². The van der Waals surface area contributed by atoms with Crippen LogP contribution >= 0.6 is 0 Å². The normalized spacial score (nSPS) is 14.2. The Morgan fingerprint density at radius 3 is 2.19 bits per heavy atom. The second-order valence-corrected chi connectivity index (χ2v) is 6.03. The molecule has 2 aromatic rings. The van der Waals surface area contributed by atoms with Gasteiger partial charge in [0.1, 0.15) is 0 Å². The van der Waals surface area contributed by atoms with Gasteiger partial charge in [-0.15, -0.1) is 0 Å². The number of carbonyl (C=O) groups is 2. The second-order valence-electron chi connectivity index (χ2n) is 6.03. The van der Waals surface area contributed by atoms with E-state index in [9.17, 15) is 14.7 Å². The van der Waals surface area contributed by atoms with Crippen LogP contribution in [0.3, 0.4) is 0 Å². The monoisotopic (exact) mass is 353 g/mol. The Kier molecular flexibility index (Phi) is 4.42. The summed E-state index contributed by atoms with van der Waals surface area (Å²) in [5, 5.41) is 10.3. The SMILES string of the molecule is COc1ccc(N2C(=O)C(O)=C(c3ccc(C)cc3C)C2=O)cc1OC. The van der Waals surface area contributed by atoms with Crippen LogP contribution < -0.4 is 14.4 Å². The maximum absolute atomic E-state index is 12.9. The molecule has 2 amide bonds. The zero-order chi connectivity index (χ0) is 19.0. The molecule has 6 heteroatoms. The number of rotatable bonds is 4. The van der Waals surface area contributed by atoms with Gasteiger partial charge in [-0.3, -0.25) is 9.59 Å². The number of imide groups is 1. The number of hydrogen-bond donors (Lipinski definition) is 1. The first-order chi connectivity index (χ1) is 12.4. The number of ether oxygens (including phenoxy) is 2. The topological polar surface area (TPSA) is 76.1 Å². The van der Waals surface area contributed by atoms with Crippen molar-refractivity contribution in [3.8, 4) is 11.5 Å². The third kappa shape index (κ3) is 2.69. The highest BCUT2D eigenvalue weighted by atomic mass is 16.5. The molecule has 0 saturated carbocycles. The first-order valence-corrected chi connectivity index (χ1v) is 8.00. The number of carbonyl (C=O) groups excluding carboxylic acids is 2. The van der Waals surface area contributed by atoms with Gasteiger partial charge in [0.2, 0.25) is 0 Å². The molecule has 2 aromatic carbocycles. The van der Waals surface area contributed by atoms with Gasteiger partial charge in [-0.1, -0.05) is 23.8 Å². The molecule has 134 valence electrons. The van der Waals surface area contributed by atoms with Gasteiger partial charge in [-0.2, -0.15) is 0 Å². The summed E-state index contributed by atoms with van der Waals surface area (Å²) in [5.74, 6) is -1.05. The summed E-state index contributed by atoms with van der Waals surface area (Å²) in [6, 6.07) is 10.1. The van der Waals surface area contributed by atoms with Gasteiger partial charge < -0.3 is 14.6 Å². The molecule has 0 unspecified atom stereocenters. The van der Waals surface area contributed by atoms with Crippen molar-refractivity contribution in [2.75, 3.05) is 19.1 Å². The van der Waals surface area contributed by atoms with Gasteiger partial charge in [0, 0.05) is 6.07 Å². The van der Waals surface area contributed by atoms with Crippen LogP contribution in [0.5, 0.6) is 11.5 Å². The number of nitrogens with zero attached hydrogens (tertiary/aromatic N) is 1. The number of aryl methyl sites for hydroxylation is 2. The Morgan fingerprint density at radius 2 is 1.58 bits per heavy atom. The summed E-state index contributed by atoms with van der Waals surface area (Å²) in [6.07, 6.45) is 0. The molecule has 0 radical (unpaired) electrons. The van der Waals surface area contributed by atoms with Crippen LogP contribution in [0, 0.1) is 13.8 Å². The maximum atomic E-state index is 12.9. The van der Waals surface area contributed by atoms with Gasteiger partial charge in [-0.05, 0) is 37.1 Å².